The molecule has 136 valence electrons. The fourth-order valence-corrected chi connectivity index (χ4v) is 2.10. The lowest BCUT2D eigenvalue weighted by atomic mass is 10.2. The van der Waals surface area contributed by atoms with Crippen molar-refractivity contribution >= 4 is 35.1 Å². The van der Waals surface area contributed by atoms with Crippen molar-refractivity contribution in [3.63, 3.8) is 0 Å². The van der Waals surface area contributed by atoms with Crippen molar-refractivity contribution in [1.29, 1.82) is 0 Å². The molecule has 7 nitrogen and oxygen atoms in total. The lowest BCUT2D eigenvalue weighted by Crippen LogP contribution is -2.36. The second kappa shape index (κ2) is 8.96. The van der Waals surface area contributed by atoms with Crippen LogP contribution in [-0.4, -0.2) is 35.4 Å². The summed E-state index contributed by atoms with van der Waals surface area (Å²) in [6, 6.07) is 10.1. The van der Waals surface area contributed by atoms with Crippen LogP contribution < -0.4 is 10.6 Å². The summed E-state index contributed by atoms with van der Waals surface area (Å²) in [6.45, 7) is 2.99. The fourth-order valence-electron chi connectivity index (χ4n) is 1.95. The number of nitrogens with one attached hydrogen (secondary N) is 2. The molecule has 0 radical (unpaired) electrons. The average molecular weight is 376 g/mol. The Labute approximate surface area is 155 Å². The Morgan fingerprint density at radius 2 is 1.88 bits per heavy atom. The zero-order chi connectivity index (χ0) is 19.1. The third-order valence-electron chi connectivity index (χ3n) is 3.34. The molecule has 2 N–H and O–H groups in total. The first-order valence-corrected chi connectivity index (χ1v) is 8.19. The molecule has 26 heavy (non-hydrogen) atoms. The summed E-state index contributed by atoms with van der Waals surface area (Å²) in [6.07, 6.45) is 0.373. The maximum absolute atomic E-state index is 12.0. The number of pyridine rings is 1. The molecule has 0 bridgehead atoms. The zero-order valence-electron chi connectivity index (χ0n) is 14.3. The predicted molar refractivity (Wildman–Crippen MR) is 96.9 cm³/mol. The number of carbonyl (C=O) groups excluding carboxylic acids is 3. The molecule has 2 aromatic rings. The van der Waals surface area contributed by atoms with Gasteiger partial charge < -0.3 is 15.4 Å². The standard InChI is InChI=1S/C18H18ClN3O4/c1-11-3-5-14(6-4-11)22-17(24)12(2)26-16(23)10-21-18(25)15-9-13(19)7-8-20-15/h3-9,12H,10H2,1-2H3,(H,21,25)(H,22,24)/t12-/m1/s1. The summed E-state index contributed by atoms with van der Waals surface area (Å²) in [5.74, 6) is -1.78. The molecule has 0 spiro atoms. The molecule has 0 aliphatic carbocycles. The van der Waals surface area contributed by atoms with Gasteiger partial charge in [-0.1, -0.05) is 29.3 Å². The predicted octanol–water partition coefficient (Wildman–Crippen LogP) is 2.34. The Hall–Kier alpha value is -2.93. The Morgan fingerprint density at radius 3 is 2.54 bits per heavy atom. The zero-order valence-corrected chi connectivity index (χ0v) is 15.0. The Morgan fingerprint density at radius 1 is 1.19 bits per heavy atom. The molecular weight excluding hydrogens is 358 g/mol. The molecule has 0 saturated heterocycles. The monoisotopic (exact) mass is 375 g/mol. The van der Waals surface area contributed by atoms with Crippen molar-refractivity contribution in [2.75, 3.05) is 11.9 Å². The Balaban J connectivity index is 1.80. The topological polar surface area (TPSA) is 97.4 Å². The number of rotatable bonds is 6. The number of nitrogens with zero attached hydrogens (tertiary/aromatic N) is 1. The largest absolute Gasteiger partial charge is 0.451 e. The second-order valence-corrected chi connectivity index (χ2v) is 5.97. The van der Waals surface area contributed by atoms with E-state index in [-0.39, 0.29) is 5.69 Å². The summed E-state index contributed by atoms with van der Waals surface area (Å²) in [5.41, 5.74) is 1.74. The highest BCUT2D eigenvalue weighted by molar-refractivity contribution is 6.30. The van der Waals surface area contributed by atoms with E-state index >= 15 is 0 Å². The van der Waals surface area contributed by atoms with Gasteiger partial charge in [0.15, 0.2) is 6.10 Å². The summed E-state index contributed by atoms with van der Waals surface area (Å²) in [4.78, 5) is 39.5. The van der Waals surface area contributed by atoms with Crippen molar-refractivity contribution in [2.24, 2.45) is 0 Å². The van der Waals surface area contributed by atoms with E-state index in [0.29, 0.717) is 10.7 Å². The first-order valence-electron chi connectivity index (χ1n) is 7.82. The van der Waals surface area contributed by atoms with Crippen molar-refractivity contribution in [1.82, 2.24) is 10.3 Å². The molecule has 1 atom stereocenters. The number of halogens is 1. The van der Waals surface area contributed by atoms with Crippen molar-refractivity contribution in [2.45, 2.75) is 20.0 Å². The minimum Gasteiger partial charge on any atom is -0.451 e. The van der Waals surface area contributed by atoms with Gasteiger partial charge >= 0.3 is 5.97 Å². The SMILES string of the molecule is Cc1ccc(NC(=O)[C@@H](C)OC(=O)CNC(=O)c2cc(Cl)ccn2)cc1. The summed E-state index contributed by atoms with van der Waals surface area (Å²) in [7, 11) is 0. The van der Waals surface area contributed by atoms with E-state index in [1.165, 1.54) is 25.3 Å². The Bertz CT molecular complexity index is 808. The van der Waals surface area contributed by atoms with Crippen LogP contribution in [0.4, 0.5) is 5.69 Å². The molecule has 2 rings (SSSR count). The normalized spacial score (nSPS) is 11.3. The van der Waals surface area contributed by atoms with Gasteiger partial charge in [0.25, 0.3) is 11.8 Å². The van der Waals surface area contributed by atoms with Crippen molar-refractivity contribution in [3.8, 4) is 0 Å². The second-order valence-electron chi connectivity index (χ2n) is 5.53. The third kappa shape index (κ3) is 5.86. The molecule has 8 heteroatoms. The van der Waals surface area contributed by atoms with Gasteiger partial charge in [0.2, 0.25) is 0 Å². The van der Waals surface area contributed by atoms with Gasteiger partial charge in [-0.05, 0) is 38.1 Å². The van der Waals surface area contributed by atoms with E-state index in [0.717, 1.165) is 5.56 Å². The molecular formula is C18H18ClN3O4. The number of ether oxygens (including phenoxy) is 1. The lowest BCUT2D eigenvalue weighted by molar-refractivity contribution is -0.152. The van der Waals surface area contributed by atoms with Gasteiger partial charge in [0.1, 0.15) is 12.2 Å². The smallest absolute Gasteiger partial charge is 0.326 e. The number of anilines is 1. The lowest BCUT2D eigenvalue weighted by Gasteiger charge is -2.14. The van der Waals surface area contributed by atoms with Gasteiger partial charge in [0, 0.05) is 16.9 Å². The number of aromatic nitrogens is 1. The van der Waals surface area contributed by atoms with Gasteiger partial charge in [-0.15, -0.1) is 0 Å². The minimum absolute atomic E-state index is 0.0791. The molecule has 1 aromatic carbocycles. The first-order chi connectivity index (χ1) is 12.3. The molecule has 1 heterocycles. The molecule has 2 amide bonds. The number of esters is 1. The molecule has 0 unspecified atom stereocenters. The maximum atomic E-state index is 12.0. The van der Waals surface area contributed by atoms with Crippen molar-refractivity contribution < 1.29 is 19.1 Å². The van der Waals surface area contributed by atoms with Crippen LogP contribution in [0.1, 0.15) is 23.0 Å². The van der Waals surface area contributed by atoms with E-state index < -0.39 is 30.4 Å². The van der Waals surface area contributed by atoms with E-state index in [2.05, 4.69) is 15.6 Å². The fraction of sp³-hybridized carbons (Fsp3) is 0.222. The number of hydrogen-bond donors (Lipinski definition) is 2. The van der Waals surface area contributed by atoms with E-state index in [4.69, 9.17) is 16.3 Å². The average Bonchev–Trinajstić information content (AvgIpc) is 2.61. The van der Waals surface area contributed by atoms with Crippen LogP contribution >= 0.6 is 11.6 Å². The van der Waals surface area contributed by atoms with E-state index in [1.54, 1.807) is 12.1 Å². The van der Waals surface area contributed by atoms with Crippen LogP contribution in [0.5, 0.6) is 0 Å². The molecule has 0 fully saturated rings. The van der Waals surface area contributed by atoms with Crippen LogP contribution in [0.15, 0.2) is 42.6 Å². The summed E-state index contributed by atoms with van der Waals surface area (Å²) >= 11 is 5.77. The highest BCUT2D eigenvalue weighted by atomic mass is 35.5. The van der Waals surface area contributed by atoms with E-state index in [1.807, 2.05) is 19.1 Å². The number of amides is 2. The van der Waals surface area contributed by atoms with Crippen LogP contribution in [0.2, 0.25) is 5.02 Å². The van der Waals surface area contributed by atoms with Gasteiger partial charge in [-0.25, -0.2) is 0 Å². The van der Waals surface area contributed by atoms with Crippen LogP contribution in [0.25, 0.3) is 0 Å². The highest BCUT2D eigenvalue weighted by Crippen LogP contribution is 2.10. The van der Waals surface area contributed by atoms with Gasteiger partial charge in [0.05, 0.1) is 0 Å². The first kappa shape index (κ1) is 19.4. The van der Waals surface area contributed by atoms with Crippen molar-refractivity contribution in [3.05, 3.63) is 58.9 Å². The maximum Gasteiger partial charge on any atom is 0.326 e. The number of benzene rings is 1. The van der Waals surface area contributed by atoms with Crippen LogP contribution in [0, 0.1) is 6.92 Å². The summed E-state index contributed by atoms with van der Waals surface area (Å²) in [5, 5.41) is 5.36. The number of carbonyl (C=O) groups is 3. The van der Waals surface area contributed by atoms with E-state index in [9.17, 15) is 14.4 Å². The molecule has 0 saturated carbocycles. The van der Waals surface area contributed by atoms with Crippen LogP contribution in [-0.2, 0) is 14.3 Å². The van der Waals surface area contributed by atoms with Crippen LogP contribution in [0.3, 0.4) is 0 Å². The Kier molecular flexibility index (Phi) is 6.68. The van der Waals surface area contributed by atoms with Gasteiger partial charge in [-0.2, -0.15) is 0 Å². The highest BCUT2D eigenvalue weighted by Gasteiger charge is 2.18. The summed E-state index contributed by atoms with van der Waals surface area (Å²) < 4.78 is 5.01. The number of hydrogen-bond acceptors (Lipinski definition) is 5. The molecule has 0 aliphatic heterocycles. The third-order valence-corrected chi connectivity index (χ3v) is 3.58. The molecule has 0 aliphatic rings. The van der Waals surface area contributed by atoms with Gasteiger partial charge in [-0.3, -0.25) is 19.4 Å². The molecule has 1 aromatic heterocycles. The number of aryl methyl sites for hydroxylation is 1. The quantitative estimate of drug-likeness (QED) is 0.755. The minimum atomic E-state index is -1.01.